The molecule has 0 aliphatic carbocycles. The molecule has 0 aliphatic rings. The van der Waals surface area contributed by atoms with Gasteiger partial charge in [-0.3, -0.25) is 0 Å². The average molecular weight is 1610 g/mol. The van der Waals surface area contributed by atoms with Gasteiger partial charge in [0.25, 0.3) is 0 Å². The Morgan fingerprint density at radius 2 is 0.509 bits per heavy atom. The molecule has 6 aromatic heterocycles. The van der Waals surface area contributed by atoms with Crippen molar-refractivity contribution in [3.63, 3.8) is 0 Å². The lowest BCUT2D eigenvalue weighted by Gasteiger charge is -2.42. The number of rotatable bonds is 48. The first kappa shape index (κ1) is 85.8. The number of thiophene rings is 6. The third-order valence-electron chi connectivity index (χ3n) is 23.8. The predicted molar refractivity (Wildman–Crippen MR) is 484 cm³/mol. The number of unbranched alkanes of at least 4 members (excludes halogenated alkanes) is 20. The maximum atomic E-state index is 15.3. The lowest BCUT2D eigenvalue weighted by molar-refractivity contribution is 0.127. The number of hydrogen-bond acceptors (Lipinski definition) is 12. The first-order chi connectivity index (χ1) is 52.1. The fourth-order valence-corrected chi connectivity index (χ4v) is 44.7. The largest absolute Gasteiger partial charge is 0.494 e. The maximum absolute atomic E-state index is 15.3. The number of ether oxygens (including phenoxy) is 4. The van der Waals surface area contributed by atoms with E-state index in [1.807, 2.05) is 45.3 Å². The molecule has 0 unspecified atom stereocenters. The third-order valence-corrected chi connectivity index (χ3v) is 47.2. The van der Waals surface area contributed by atoms with Crippen molar-refractivity contribution in [2.24, 2.45) is 0 Å². The molecular weight excluding hydrogens is 1470 g/mol. The van der Waals surface area contributed by atoms with E-state index in [4.69, 9.17) is 18.9 Å². The van der Waals surface area contributed by atoms with Crippen LogP contribution in [0.2, 0.25) is 33.2 Å². The SMILES string of the molecule is CCCCCCCCOc1ccc(C(O)(c2ccc(OCCCCCCCC)cc2)c2c(-c3cc4sc([Si](C(C)C)(C(C)C)C(C)C)cc4s3)sc3c(C(O)(c4ccc(OCCCCCCCC)cc4)c4ccc(OCCCCCCCC)cc4)c(-c4cc5sc([Si](C(C)C)(C(C)C)C(C)C)cc5s4)sc23)cc1. The quantitative estimate of drug-likeness (QED) is 0.0292. The smallest absolute Gasteiger partial charge is 0.143 e. The van der Waals surface area contributed by atoms with E-state index in [0.717, 1.165) is 137 Å². The molecule has 14 heteroatoms. The van der Waals surface area contributed by atoms with Crippen molar-refractivity contribution in [3.8, 4) is 42.5 Å². The van der Waals surface area contributed by atoms with Crippen LogP contribution in [-0.2, 0) is 11.2 Å². The maximum Gasteiger partial charge on any atom is 0.143 e. The average Bonchev–Trinajstić information content (AvgIpc) is 1.53. The van der Waals surface area contributed by atoms with Gasteiger partial charge in [-0.25, -0.2) is 0 Å². The van der Waals surface area contributed by atoms with Crippen LogP contribution >= 0.6 is 68.0 Å². The molecule has 6 nitrogen and oxygen atoms in total. The molecular formula is C94H132O6S6Si2. The van der Waals surface area contributed by atoms with Gasteiger partial charge in [-0.1, -0.05) is 288 Å². The van der Waals surface area contributed by atoms with Crippen molar-refractivity contribution in [1.82, 2.24) is 0 Å². The van der Waals surface area contributed by atoms with Gasteiger partial charge in [0.15, 0.2) is 0 Å². The van der Waals surface area contributed by atoms with Crippen LogP contribution in [0.5, 0.6) is 23.0 Å². The summed E-state index contributed by atoms with van der Waals surface area (Å²) in [6, 6.07) is 43.5. The second-order valence-corrected chi connectivity index (χ2v) is 51.8. The van der Waals surface area contributed by atoms with Gasteiger partial charge in [0, 0.05) is 39.7 Å². The highest BCUT2D eigenvalue weighted by molar-refractivity contribution is 7.40. The summed E-state index contributed by atoms with van der Waals surface area (Å²) in [5, 5.41) is 30.5. The Kier molecular flexibility index (Phi) is 32.1. The van der Waals surface area contributed by atoms with Crippen molar-refractivity contribution in [1.29, 1.82) is 0 Å². The molecule has 4 aromatic carbocycles. The van der Waals surface area contributed by atoms with Crippen molar-refractivity contribution in [2.45, 2.75) is 309 Å². The fourth-order valence-electron chi connectivity index (χ4n) is 18.3. The summed E-state index contributed by atoms with van der Waals surface area (Å²) in [6.07, 6.45) is 28.5. The molecule has 0 saturated carbocycles. The van der Waals surface area contributed by atoms with Crippen LogP contribution in [0.3, 0.4) is 0 Å². The topological polar surface area (TPSA) is 77.4 Å². The van der Waals surface area contributed by atoms with Crippen LogP contribution in [0.4, 0.5) is 0 Å². The number of fused-ring (bicyclic) bond motifs is 3. The fraction of sp³-hybridized carbons (Fsp3) is 0.553. The van der Waals surface area contributed by atoms with E-state index in [-0.39, 0.29) is 0 Å². The van der Waals surface area contributed by atoms with E-state index in [2.05, 4.69) is 232 Å². The molecule has 10 aromatic rings. The lowest BCUT2D eigenvalue weighted by Crippen LogP contribution is -2.54. The molecule has 0 bridgehead atoms. The van der Waals surface area contributed by atoms with Gasteiger partial charge in [-0.15, -0.1) is 68.0 Å². The Bertz CT molecular complexity index is 3810. The molecule has 0 saturated heterocycles. The van der Waals surface area contributed by atoms with Gasteiger partial charge in [0.1, 0.15) is 50.3 Å². The Morgan fingerprint density at radius 1 is 0.287 bits per heavy atom. The minimum Gasteiger partial charge on any atom is -0.494 e. The Balaban J connectivity index is 1.25. The van der Waals surface area contributed by atoms with E-state index in [0.29, 0.717) is 59.7 Å². The molecule has 0 amide bonds. The highest BCUT2D eigenvalue weighted by atomic mass is 32.1. The van der Waals surface area contributed by atoms with Crippen LogP contribution in [-0.4, -0.2) is 52.8 Å². The summed E-state index contributed by atoms with van der Waals surface area (Å²) in [4.78, 5) is 4.23. The van der Waals surface area contributed by atoms with Gasteiger partial charge in [-0.05, 0) is 163 Å². The highest BCUT2D eigenvalue weighted by Gasteiger charge is 2.49. The molecule has 0 spiro atoms. The zero-order chi connectivity index (χ0) is 77.2. The molecule has 0 radical (unpaired) electrons. The van der Waals surface area contributed by atoms with Crippen LogP contribution in [0, 0.1) is 0 Å². The molecule has 6 heterocycles. The van der Waals surface area contributed by atoms with Crippen LogP contribution < -0.4 is 27.9 Å². The van der Waals surface area contributed by atoms with Gasteiger partial charge >= 0.3 is 0 Å². The third kappa shape index (κ3) is 19.1. The zero-order valence-corrected chi connectivity index (χ0v) is 75.7. The summed E-state index contributed by atoms with van der Waals surface area (Å²) in [7, 11) is -4.03. The van der Waals surface area contributed by atoms with Crippen molar-refractivity contribution in [3.05, 3.63) is 155 Å². The lowest BCUT2D eigenvalue weighted by atomic mass is 9.78. The van der Waals surface area contributed by atoms with Crippen molar-refractivity contribution in [2.75, 3.05) is 26.4 Å². The number of benzene rings is 4. The predicted octanol–water partition coefficient (Wildman–Crippen LogP) is 30.1. The molecule has 0 atom stereocenters. The van der Waals surface area contributed by atoms with Gasteiger partial charge in [-0.2, -0.15) is 0 Å². The van der Waals surface area contributed by atoms with Crippen LogP contribution in [0.25, 0.3) is 47.7 Å². The molecule has 10 rings (SSSR count). The number of hydrogen-bond donors (Lipinski definition) is 2. The van der Waals surface area contributed by atoms with Gasteiger partial charge < -0.3 is 29.2 Å². The molecule has 0 fully saturated rings. The van der Waals surface area contributed by atoms with Crippen molar-refractivity contribution < 1.29 is 29.2 Å². The van der Waals surface area contributed by atoms with E-state index in [9.17, 15) is 0 Å². The van der Waals surface area contributed by atoms with Crippen LogP contribution in [0.1, 0.15) is 298 Å². The Morgan fingerprint density at radius 3 is 0.731 bits per heavy atom. The second-order valence-electron chi connectivity index (χ2n) is 32.9. The summed E-state index contributed by atoms with van der Waals surface area (Å²) in [5.41, 5.74) is 4.60. The van der Waals surface area contributed by atoms with Gasteiger partial charge in [0.2, 0.25) is 0 Å². The Hall–Kier alpha value is -4.59. The minimum absolute atomic E-state index is 0.570. The van der Waals surface area contributed by atoms with Crippen LogP contribution in [0.15, 0.2) is 121 Å². The Labute approximate surface area is 677 Å². The highest BCUT2D eigenvalue weighted by Crippen LogP contribution is 2.61. The van der Waals surface area contributed by atoms with Gasteiger partial charge in [0.05, 0.1) is 45.6 Å². The minimum atomic E-state index is -2.01. The number of aliphatic hydroxyl groups is 2. The van der Waals surface area contributed by atoms with Crippen molar-refractivity contribution >= 4 is 121 Å². The zero-order valence-electron chi connectivity index (χ0n) is 68.8. The molecule has 588 valence electrons. The first-order valence-corrected chi connectivity index (χ1v) is 51.6. The normalized spacial score (nSPS) is 12.8. The summed E-state index contributed by atoms with van der Waals surface area (Å²) < 4.78 is 36.5. The molecule has 0 aliphatic heterocycles. The van der Waals surface area contributed by atoms with E-state index < -0.39 is 27.3 Å². The summed E-state index contributed by atoms with van der Waals surface area (Å²) in [5.74, 6) is 3.17. The monoisotopic (exact) mass is 1600 g/mol. The van der Waals surface area contributed by atoms with E-state index in [1.54, 1.807) is 31.7 Å². The summed E-state index contributed by atoms with van der Waals surface area (Å²) in [6.45, 7) is 41.3. The molecule has 108 heavy (non-hydrogen) atoms. The van der Waals surface area contributed by atoms with E-state index >= 15 is 10.2 Å². The standard InChI is InChI=1S/C94H132O6S6Si2/c1-17-21-25-29-33-37-57-97-75-49-41-71(42-50-75)93(95,72-43-51-76(52-44-72)98-58-38-34-30-26-22-18-2)87-89(83-61-79-81(101-83)63-85(103-79)107(65(5)6,66(7)8)67(9)10)105-92-88(90(106-91(87)92)84-62-80-82(102-84)64-86(104-80)108(68(11)12,69(13)14)70(15)16)94(96,73-45-53-77(54-46-73)99-59-39-35-31-27-23-19-3)74-47-55-78(56-48-74)100-60-40-36-32-28-24-20-4/h41-56,61-70,95-96H,17-40,57-60H2,1-16H3. The second kappa shape index (κ2) is 40.4. The molecule has 2 N–H and O–H groups in total. The van der Waals surface area contributed by atoms with E-state index in [1.165, 1.54) is 122 Å². The summed E-state index contributed by atoms with van der Waals surface area (Å²) >= 11 is 11.2. The first-order valence-electron chi connectivity index (χ1n) is 42.2.